The van der Waals surface area contributed by atoms with E-state index in [4.69, 9.17) is 5.11 Å². The van der Waals surface area contributed by atoms with Gasteiger partial charge >= 0.3 is 5.97 Å². The zero-order chi connectivity index (χ0) is 15.6. The molecule has 0 aliphatic carbocycles. The normalized spacial score (nSPS) is 10.7. The average molecular weight is 290 g/mol. The van der Waals surface area contributed by atoms with Gasteiger partial charge in [-0.3, -0.25) is 4.79 Å². The first-order chi connectivity index (χ1) is 9.90. The van der Waals surface area contributed by atoms with Crippen LogP contribution in [-0.4, -0.2) is 21.6 Å². The maximum atomic E-state index is 13.8. The number of hydrogen-bond donors (Lipinski definition) is 2. The summed E-state index contributed by atoms with van der Waals surface area (Å²) in [6, 6.07) is 6.82. The van der Waals surface area contributed by atoms with Gasteiger partial charge in [-0.2, -0.15) is 0 Å². The van der Waals surface area contributed by atoms with Crippen molar-refractivity contribution in [3.63, 3.8) is 0 Å². The van der Waals surface area contributed by atoms with Crippen LogP contribution in [0.2, 0.25) is 0 Å². The molecule has 2 aromatic rings. The number of nitrogens with zero attached hydrogens (tertiary/aromatic N) is 1. The molecule has 0 bridgehead atoms. The molecular weight excluding hydrogens is 275 g/mol. The number of aromatic nitrogens is 1. The Morgan fingerprint density at radius 2 is 2.00 bits per heavy atom. The largest absolute Gasteiger partial charge is 0.478 e. The molecule has 0 radical (unpaired) electrons. The molecule has 1 amide bonds. The SMILES string of the molecule is CC(C)n1cccc1C(=O)Nc1ccc(C(=O)O)cc1F. The number of carbonyl (C=O) groups is 2. The van der Waals surface area contributed by atoms with E-state index in [0.29, 0.717) is 5.69 Å². The third-order valence-corrected chi connectivity index (χ3v) is 3.03. The number of hydrogen-bond acceptors (Lipinski definition) is 2. The van der Waals surface area contributed by atoms with E-state index in [2.05, 4.69) is 5.32 Å². The van der Waals surface area contributed by atoms with Gasteiger partial charge in [0, 0.05) is 12.2 Å². The summed E-state index contributed by atoms with van der Waals surface area (Å²) in [5, 5.41) is 11.2. The second-order valence-electron chi connectivity index (χ2n) is 4.85. The lowest BCUT2D eigenvalue weighted by molar-refractivity contribution is 0.0696. The van der Waals surface area contributed by atoms with Crippen LogP contribution >= 0.6 is 0 Å². The first-order valence-electron chi connectivity index (χ1n) is 6.41. The molecule has 5 nitrogen and oxygen atoms in total. The molecule has 0 unspecified atom stereocenters. The number of rotatable bonds is 4. The minimum atomic E-state index is -1.22. The first kappa shape index (κ1) is 14.8. The van der Waals surface area contributed by atoms with Crippen LogP contribution in [0.1, 0.15) is 40.7 Å². The topological polar surface area (TPSA) is 71.3 Å². The molecule has 2 rings (SSSR count). The van der Waals surface area contributed by atoms with Crippen LogP contribution < -0.4 is 5.32 Å². The number of carbonyl (C=O) groups excluding carboxylic acids is 1. The standard InChI is InChI=1S/C15H15FN2O3/c1-9(2)18-7-3-4-13(18)14(19)17-12-6-5-10(15(20)21)8-11(12)16/h3-9H,1-2H3,(H,17,19)(H,20,21). The first-order valence-corrected chi connectivity index (χ1v) is 6.41. The molecule has 0 atom stereocenters. The quantitative estimate of drug-likeness (QED) is 0.908. The van der Waals surface area contributed by atoms with Gasteiger partial charge in [0.15, 0.2) is 0 Å². The Hall–Kier alpha value is -2.63. The minimum absolute atomic E-state index is 0.0542. The van der Waals surface area contributed by atoms with E-state index < -0.39 is 17.7 Å². The number of halogens is 1. The highest BCUT2D eigenvalue weighted by atomic mass is 19.1. The second-order valence-corrected chi connectivity index (χ2v) is 4.85. The number of carboxylic acid groups (broad SMARTS) is 1. The summed E-state index contributed by atoms with van der Waals surface area (Å²) in [6.07, 6.45) is 1.77. The van der Waals surface area contributed by atoms with Gasteiger partial charge in [0.1, 0.15) is 11.5 Å². The summed E-state index contributed by atoms with van der Waals surface area (Å²) in [5.41, 5.74) is 0.185. The number of aromatic carboxylic acids is 1. The number of nitrogens with one attached hydrogen (secondary N) is 1. The molecular formula is C15H15FN2O3. The number of amides is 1. The molecule has 1 aromatic heterocycles. The molecule has 0 aliphatic rings. The monoisotopic (exact) mass is 290 g/mol. The molecule has 1 heterocycles. The van der Waals surface area contributed by atoms with E-state index >= 15 is 0 Å². The summed E-state index contributed by atoms with van der Waals surface area (Å²) >= 11 is 0. The molecule has 21 heavy (non-hydrogen) atoms. The van der Waals surface area contributed by atoms with E-state index in [1.807, 2.05) is 13.8 Å². The third-order valence-electron chi connectivity index (χ3n) is 3.03. The molecule has 2 N–H and O–H groups in total. The van der Waals surface area contributed by atoms with Crippen molar-refractivity contribution < 1.29 is 19.1 Å². The minimum Gasteiger partial charge on any atom is -0.478 e. The predicted molar refractivity (Wildman–Crippen MR) is 76.1 cm³/mol. The Morgan fingerprint density at radius 1 is 1.29 bits per heavy atom. The zero-order valence-electron chi connectivity index (χ0n) is 11.6. The van der Waals surface area contributed by atoms with Crippen molar-refractivity contribution in [2.24, 2.45) is 0 Å². The molecule has 0 spiro atoms. The summed E-state index contributed by atoms with van der Waals surface area (Å²) in [4.78, 5) is 22.9. The Bertz CT molecular complexity index is 692. The van der Waals surface area contributed by atoms with Gasteiger partial charge in [-0.25, -0.2) is 9.18 Å². The maximum Gasteiger partial charge on any atom is 0.335 e. The number of benzene rings is 1. The third kappa shape index (κ3) is 3.10. The van der Waals surface area contributed by atoms with E-state index in [-0.39, 0.29) is 17.3 Å². The van der Waals surface area contributed by atoms with Gasteiger partial charge in [0.05, 0.1) is 11.3 Å². The fraction of sp³-hybridized carbons (Fsp3) is 0.200. The zero-order valence-corrected chi connectivity index (χ0v) is 11.6. The van der Waals surface area contributed by atoms with Gasteiger partial charge < -0.3 is 15.0 Å². The van der Waals surface area contributed by atoms with E-state index in [1.54, 1.807) is 22.9 Å². The summed E-state index contributed by atoms with van der Waals surface area (Å²) in [7, 11) is 0. The smallest absolute Gasteiger partial charge is 0.335 e. The molecule has 6 heteroatoms. The van der Waals surface area contributed by atoms with Crippen molar-refractivity contribution in [1.29, 1.82) is 0 Å². The van der Waals surface area contributed by atoms with Crippen molar-refractivity contribution >= 4 is 17.6 Å². The van der Waals surface area contributed by atoms with E-state index in [1.165, 1.54) is 12.1 Å². The van der Waals surface area contributed by atoms with Gasteiger partial charge in [-0.15, -0.1) is 0 Å². The van der Waals surface area contributed by atoms with Crippen molar-refractivity contribution in [3.05, 3.63) is 53.6 Å². The fourth-order valence-corrected chi connectivity index (χ4v) is 1.97. The molecule has 1 aromatic carbocycles. The summed E-state index contributed by atoms with van der Waals surface area (Å²) in [6.45, 7) is 3.86. The van der Waals surface area contributed by atoms with Crippen molar-refractivity contribution in [1.82, 2.24) is 4.57 Å². The van der Waals surface area contributed by atoms with Gasteiger partial charge in [0.2, 0.25) is 0 Å². The lowest BCUT2D eigenvalue weighted by Gasteiger charge is -2.13. The van der Waals surface area contributed by atoms with Crippen LogP contribution in [0.4, 0.5) is 10.1 Å². The number of anilines is 1. The van der Waals surface area contributed by atoms with Crippen LogP contribution in [0.15, 0.2) is 36.5 Å². The lowest BCUT2D eigenvalue weighted by Crippen LogP contribution is -2.18. The summed E-state index contributed by atoms with van der Waals surface area (Å²) in [5.74, 6) is -2.46. The predicted octanol–water partition coefficient (Wildman–Crippen LogP) is 3.16. The summed E-state index contributed by atoms with van der Waals surface area (Å²) < 4.78 is 15.5. The number of carboxylic acids is 1. The lowest BCUT2D eigenvalue weighted by atomic mass is 10.2. The molecule has 110 valence electrons. The molecule has 0 saturated carbocycles. The molecule has 0 aliphatic heterocycles. The average Bonchev–Trinajstić information content (AvgIpc) is 2.90. The van der Waals surface area contributed by atoms with Crippen LogP contribution in [-0.2, 0) is 0 Å². The highest BCUT2D eigenvalue weighted by molar-refractivity contribution is 6.03. The highest BCUT2D eigenvalue weighted by Gasteiger charge is 2.15. The second kappa shape index (κ2) is 5.78. The van der Waals surface area contributed by atoms with Crippen molar-refractivity contribution in [2.75, 3.05) is 5.32 Å². The Morgan fingerprint density at radius 3 is 2.57 bits per heavy atom. The maximum absolute atomic E-state index is 13.8. The Labute approximate surface area is 121 Å². The molecule has 0 saturated heterocycles. The Balaban J connectivity index is 2.24. The van der Waals surface area contributed by atoms with Crippen molar-refractivity contribution in [3.8, 4) is 0 Å². The van der Waals surface area contributed by atoms with Gasteiger partial charge in [-0.05, 0) is 44.2 Å². The van der Waals surface area contributed by atoms with Gasteiger partial charge in [0.25, 0.3) is 5.91 Å². The Kier molecular flexibility index (Phi) is 4.07. The van der Waals surface area contributed by atoms with Crippen LogP contribution in [0.25, 0.3) is 0 Å². The van der Waals surface area contributed by atoms with E-state index in [0.717, 1.165) is 6.07 Å². The fourth-order valence-electron chi connectivity index (χ4n) is 1.97. The van der Waals surface area contributed by atoms with Gasteiger partial charge in [-0.1, -0.05) is 0 Å². The van der Waals surface area contributed by atoms with Crippen LogP contribution in [0.5, 0.6) is 0 Å². The highest BCUT2D eigenvalue weighted by Crippen LogP contribution is 2.18. The van der Waals surface area contributed by atoms with Crippen LogP contribution in [0.3, 0.4) is 0 Å². The van der Waals surface area contributed by atoms with Crippen molar-refractivity contribution in [2.45, 2.75) is 19.9 Å². The van der Waals surface area contributed by atoms with E-state index in [9.17, 15) is 14.0 Å². The van der Waals surface area contributed by atoms with Crippen LogP contribution in [0, 0.1) is 5.82 Å². The molecule has 0 fully saturated rings.